The van der Waals surface area contributed by atoms with Crippen LogP contribution in [0.2, 0.25) is 0 Å². The fraction of sp³-hybridized carbons (Fsp3) is 0.0278. The van der Waals surface area contributed by atoms with Crippen molar-refractivity contribution >= 4 is 33.1 Å². The molecule has 0 aliphatic carbocycles. The molecule has 0 fully saturated rings. The summed E-state index contributed by atoms with van der Waals surface area (Å²) in [5.41, 5.74) is 7.12. The first-order valence-electron chi connectivity index (χ1n) is 13.5. The summed E-state index contributed by atoms with van der Waals surface area (Å²) in [4.78, 5) is 13.5. The van der Waals surface area contributed by atoms with Gasteiger partial charge in [-0.3, -0.25) is 9.37 Å². The van der Waals surface area contributed by atoms with Crippen LogP contribution in [0.1, 0.15) is 5.56 Å². The van der Waals surface area contributed by atoms with Crippen LogP contribution in [0.3, 0.4) is 0 Å². The SMILES string of the molecule is Cc1cnc2nc(-c3[c-]cc(F)c4c3oc3ccccc34)n(-c3ccccc3)c2c1.[Ir].[c-]1ccccc1-c1ccccn1. The zero-order valence-electron chi connectivity index (χ0n) is 23.0. The van der Waals surface area contributed by atoms with E-state index in [0.717, 1.165) is 33.4 Å². The van der Waals surface area contributed by atoms with Crippen molar-refractivity contribution in [3.8, 4) is 28.3 Å². The van der Waals surface area contributed by atoms with Gasteiger partial charge in [-0.15, -0.1) is 48.0 Å². The Morgan fingerprint density at radius 3 is 2.42 bits per heavy atom. The van der Waals surface area contributed by atoms with Gasteiger partial charge in [0.15, 0.2) is 5.65 Å². The summed E-state index contributed by atoms with van der Waals surface area (Å²) < 4.78 is 22.9. The van der Waals surface area contributed by atoms with Gasteiger partial charge in [0.05, 0.1) is 16.9 Å². The van der Waals surface area contributed by atoms with E-state index in [-0.39, 0.29) is 25.9 Å². The average molecular weight is 739 g/mol. The maximum absolute atomic E-state index is 14.8. The Morgan fingerprint density at radius 1 is 0.837 bits per heavy atom. The Labute approximate surface area is 261 Å². The van der Waals surface area contributed by atoms with E-state index in [1.165, 1.54) is 6.07 Å². The van der Waals surface area contributed by atoms with Gasteiger partial charge in [-0.2, -0.15) is 0 Å². The van der Waals surface area contributed by atoms with Gasteiger partial charge in [-0.05, 0) is 53.9 Å². The quantitative estimate of drug-likeness (QED) is 0.170. The molecule has 8 aromatic rings. The second-order valence-corrected chi connectivity index (χ2v) is 9.77. The summed E-state index contributed by atoms with van der Waals surface area (Å²) >= 11 is 0. The third-order valence-electron chi connectivity index (χ3n) is 6.94. The summed E-state index contributed by atoms with van der Waals surface area (Å²) in [6.45, 7) is 2.00. The Hall–Kier alpha value is -4.97. The summed E-state index contributed by atoms with van der Waals surface area (Å²) in [6.07, 6.45) is 3.58. The molecule has 211 valence electrons. The normalized spacial score (nSPS) is 10.8. The summed E-state index contributed by atoms with van der Waals surface area (Å²) in [5, 5.41) is 1.17. The number of nitrogens with zero attached hydrogens (tertiary/aromatic N) is 4. The zero-order chi connectivity index (χ0) is 28.5. The number of halogens is 1. The van der Waals surface area contributed by atoms with Crippen LogP contribution in [0.25, 0.3) is 61.4 Å². The van der Waals surface area contributed by atoms with Crippen molar-refractivity contribution in [1.29, 1.82) is 0 Å². The second-order valence-electron chi connectivity index (χ2n) is 9.77. The van der Waals surface area contributed by atoms with Gasteiger partial charge in [-0.1, -0.05) is 54.1 Å². The fourth-order valence-corrected chi connectivity index (χ4v) is 5.04. The average Bonchev–Trinajstić information content (AvgIpc) is 3.62. The molecule has 0 spiro atoms. The molecule has 0 unspecified atom stereocenters. The number of pyridine rings is 2. The molecule has 0 atom stereocenters. The number of hydrogen-bond acceptors (Lipinski definition) is 4. The number of rotatable bonds is 3. The minimum Gasteiger partial charge on any atom is -0.500 e. The number of benzene rings is 4. The smallest absolute Gasteiger partial charge is 0.168 e. The number of aromatic nitrogens is 4. The summed E-state index contributed by atoms with van der Waals surface area (Å²) in [6, 6.07) is 40.6. The van der Waals surface area contributed by atoms with Gasteiger partial charge in [0.1, 0.15) is 5.58 Å². The minimum absolute atomic E-state index is 0. The van der Waals surface area contributed by atoms with Crippen LogP contribution >= 0.6 is 0 Å². The van der Waals surface area contributed by atoms with Crippen LogP contribution in [-0.2, 0) is 20.1 Å². The van der Waals surface area contributed by atoms with Crippen molar-refractivity contribution in [1.82, 2.24) is 19.5 Å². The van der Waals surface area contributed by atoms with Gasteiger partial charge in [0.25, 0.3) is 0 Å². The molecular weight excluding hydrogens is 716 g/mol. The third kappa shape index (κ3) is 5.36. The number of imidazole rings is 1. The molecular formula is C36H23FIrN4O-2. The minimum atomic E-state index is -0.366. The summed E-state index contributed by atoms with van der Waals surface area (Å²) in [7, 11) is 0. The number of furan rings is 1. The van der Waals surface area contributed by atoms with Gasteiger partial charge in [0.2, 0.25) is 0 Å². The van der Waals surface area contributed by atoms with E-state index in [1.807, 2.05) is 115 Å². The van der Waals surface area contributed by atoms with Crippen molar-refractivity contribution in [3.05, 3.63) is 145 Å². The second kappa shape index (κ2) is 12.1. The number of fused-ring (bicyclic) bond motifs is 4. The Bertz CT molecular complexity index is 2120. The fourth-order valence-electron chi connectivity index (χ4n) is 5.04. The van der Waals surface area contributed by atoms with Gasteiger partial charge >= 0.3 is 0 Å². The number of aryl methyl sites for hydroxylation is 1. The van der Waals surface area contributed by atoms with E-state index >= 15 is 0 Å². The predicted octanol–water partition coefficient (Wildman–Crippen LogP) is 8.78. The van der Waals surface area contributed by atoms with Gasteiger partial charge in [-0.25, -0.2) is 4.98 Å². The van der Waals surface area contributed by atoms with E-state index in [1.54, 1.807) is 12.4 Å². The molecule has 1 radical (unpaired) electrons. The molecule has 4 aromatic heterocycles. The van der Waals surface area contributed by atoms with E-state index in [2.05, 4.69) is 22.1 Å². The van der Waals surface area contributed by atoms with Crippen LogP contribution < -0.4 is 0 Å². The number of para-hydroxylation sites is 2. The standard InChI is InChI=1S/C25H15FN3O.C11H8N.Ir/c1-15-13-20-24(27-14-15)28-25(29(20)16-7-3-2-4-8-16)18-11-12-19(26)22-17-9-5-6-10-21(17)30-23(18)22;1-2-6-10(7-3-1)11-8-4-5-9-12-11;/h2-10,12-14H,1H3;1-6,8-9H;/q2*-1;. The van der Waals surface area contributed by atoms with Crippen molar-refractivity contribution in [2.75, 3.05) is 0 Å². The van der Waals surface area contributed by atoms with E-state index in [0.29, 0.717) is 33.6 Å². The van der Waals surface area contributed by atoms with Crippen LogP contribution in [-0.4, -0.2) is 19.5 Å². The van der Waals surface area contributed by atoms with Crippen molar-refractivity contribution < 1.29 is 28.9 Å². The summed E-state index contributed by atoms with van der Waals surface area (Å²) in [5.74, 6) is 0.244. The molecule has 0 aliphatic rings. The van der Waals surface area contributed by atoms with E-state index in [4.69, 9.17) is 9.40 Å². The molecule has 0 saturated carbocycles. The molecule has 5 nitrogen and oxygen atoms in total. The van der Waals surface area contributed by atoms with Crippen LogP contribution in [0.15, 0.2) is 126 Å². The number of hydrogen-bond donors (Lipinski definition) is 0. The molecule has 0 aliphatic heterocycles. The van der Waals surface area contributed by atoms with E-state index < -0.39 is 0 Å². The van der Waals surface area contributed by atoms with Crippen molar-refractivity contribution in [2.24, 2.45) is 0 Å². The molecule has 4 aromatic carbocycles. The van der Waals surface area contributed by atoms with Crippen molar-refractivity contribution in [3.63, 3.8) is 0 Å². The molecule has 0 saturated heterocycles. The molecule has 0 bridgehead atoms. The first-order chi connectivity index (χ1) is 20.7. The van der Waals surface area contributed by atoms with Gasteiger partial charge < -0.3 is 14.0 Å². The van der Waals surface area contributed by atoms with Crippen LogP contribution in [0.5, 0.6) is 0 Å². The largest absolute Gasteiger partial charge is 0.500 e. The third-order valence-corrected chi connectivity index (χ3v) is 6.94. The maximum Gasteiger partial charge on any atom is 0.168 e. The molecule has 4 heterocycles. The Kier molecular flexibility index (Phi) is 7.92. The van der Waals surface area contributed by atoms with Gasteiger partial charge in [0, 0.05) is 49.4 Å². The van der Waals surface area contributed by atoms with Crippen LogP contribution in [0, 0.1) is 24.9 Å². The van der Waals surface area contributed by atoms with Crippen LogP contribution in [0.4, 0.5) is 4.39 Å². The molecule has 8 rings (SSSR count). The topological polar surface area (TPSA) is 56.7 Å². The Balaban J connectivity index is 0.000000213. The molecule has 0 N–H and O–H groups in total. The maximum atomic E-state index is 14.8. The Morgan fingerprint density at radius 2 is 1.63 bits per heavy atom. The molecule has 0 amide bonds. The first kappa shape index (κ1) is 28.2. The first-order valence-corrected chi connectivity index (χ1v) is 13.5. The zero-order valence-corrected chi connectivity index (χ0v) is 25.4. The molecule has 43 heavy (non-hydrogen) atoms. The monoisotopic (exact) mass is 739 g/mol. The predicted molar refractivity (Wildman–Crippen MR) is 164 cm³/mol. The molecule has 7 heteroatoms. The van der Waals surface area contributed by atoms with Crippen molar-refractivity contribution in [2.45, 2.75) is 6.92 Å². The van der Waals surface area contributed by atoms with E-state index in [9.17, 15) is 4.39 Å².